The molecular weight excluding hydrogens is 616 g/mol. The van der Waals surface area contributed by atoms with E-state index in [-0.39, 0.29) is 50.8 Å². The molecule has 10 nitrogen and oxygen atoms in total. The molecule has 1 N–H and O–H groups in total. The van der Waals surface area contributed by atoms with Gasteiger partial charge in [-0.25, -0.2) is 0 Å². The molecule has 0 saturated heterocycles. The van der Waals surface area contributed by atoms with Crippen molar-refractivity contribution in [2.24, 2.45) is 21.7 Å². The molecule has 1 aromatic carbocycles. The Morgan fingerprint density at radius 2 is 1.35 bits per heavy atom. The average molecular weight is 675 g/mol. The molecule has 1 aliphatic carbocycles. The number of carbonyl (C=O) groups excluding carboxylic acids is 3. The van der Waals surface area contributed by atoms with E-state index in [0.29, 0.717) is 5.75 Å². The zero-order chi connectivity index (χ0) is 36.4. The molecule has 48 heavy (non-hydrogen) atoms. The van der Waals surface area contributed by atoms with Crippen molar-refractivity contribution < 1.29 is 48.0 Å². The SMILES string of the molecule is C=CC(C)(C)Oc1ccc(OC(=O)C(C)(CC)CC(C)(CC(C)(CC(C)(C)C(=O)OC2CCCCC2)C(=O)OCCOC)C(=O)O)cc1. The summed E-state index contributed by atoms with van der Waals surface area (Å²) >= 11 is 0. The fraction of sp³-hybridized carbons (Fsp3) is 0.684. The quantitative estimate of drug-likeness (QED) is 0.0673. The maximum Gasteiger partial charge on any atom is 0.317 e. The van der Waals surface area contributed by atoms with Crippen molar-refractivity contribution in [2.45, 2.75) is 125 Å². The van der Waals surface area contributed by atoms with Crippen LogP contribution >= 0.6 is 0 Å². The smallest absolute Gasteiger partial charge is 0.317 e. The summed E-state index contributed by atoms with van der Waals surface area (Å²) in [7, 11) is 1.48. The van der Waals surface area contributed by atoms with Crippen LogP contribution in [0.2, 0.25) is 0 Å². The van der Waals surface area contributed by atoms with E-state index in [4.69, 9.17) is 23.7 Å². The van der Waals surface area contributed by atoms with Gasteiger partial charge in [-0.15, -0.1) is 0 Å². The Hall–Kier alpha value is -3.40. The molecule has 10 heteroatoms. The summed E-state index contributed by atoms with van der Waals surface area (Å²) in [5, 5.41) is 10.7. The molecule has 1 fully saturated rings. The highest BCUT2D eigenvalue weighted by atomic mass is 16.6. The number of methoxy groups -OCH3 is 1. The van der Waals surface area contributed by atoms with Gasteiger partial charge in [0.2, 0.25) is 0 Å². The van der Waals surface area contributed by atoms with Crippen LogP contribution in [-0.2, 0) is 33.4 Å². The molecule has 1 aromatic rings. The monoisotopic (exact) mass is 674 g/mol. The fourth-order valence-corrected chi connectivity index (χ4v) is 6.57. The molecule has 0 amide bonds. The number of hydrogen-bond donors (Lipinski definition) is 1. The minimum absolute atomic E-state index is 0.0232. The van der Waals surface area contributed by atoms with Gasteiger partial charge in [-0.2, -0.15) is 0 Å². The largest absolute Gasteiger partial charge is 0.484 e. The zero-order valence-corrected chi connectivity index (χ0v) is 30.6. The van der Waals surface area contributed by atoms with Crippen LogP contribution in [0, 0.1) is 21.7 Å². The summed E-state index contributed by atoms with van der Waals surface area (Å²) in [6, 6.07) is 6.58. The van der Waals surface area contributed by atoms with Gasteiger partial charge >= 0.3 is 23.9 Å². The van der Waals surface area contributed by atoms with Crippen LogP contribution in [0.15, 0.2) is 36.9 Å². The van der Waals surface area contributed by atoms with Crippen LogP contribution in [-0.4, -0.2) is 61.0 Å². The Morgan fingerprint density at radius 3 is 1.88 bits per heavy atom. The van der Waals surface area contributed by atoms with Gasteiger partial charge in [0, 0.05) is 7.11 Å². The number of hydrogen-bond acceptors (Lipinski definition) is 9. The molecule has 0 radical (unpaired) electrons. The number of esters is 3. The normalized spacial score (nSPS) is 17.9. The van der Waals surface area contributed by atoms with Gasteiger partial charge in [-0.3, -0.25) is 19.2 Å². The molecule has 0 aliphatic heterocycles. The van der Waals surface area contributed by atoms with Crippen LogP contribution in [0.4, 0.5) is 0 Å². The number of carboxylic acid groups (broad SMARTS) is 1. The maximum atomic E-state index is 13.7. The van der Waals surface area contributed by atoms with Gasteiger partial charge in [0.05, 0.1) is 28.3 Å². The fourth-order valence-electron chi connectivity index (χ4n) is 6.57. The molecule has 0 spiro atoms. The number of carboxylic acids is 1. The highest BCUT2D eigenvalue weighted by Gasteiger charge is 2.53. The summed E-state index contributed by atoms with van der Waals surface area (Å²) in [6.07, 6.45) is 6.12. The third kappa shape index (κ3) is 11.3. The van der Waals surface area contributed by atoms with Crippen molar-refractivity contribution in [3.63, 3.8) is 0 Å². The van der Waals surface area contributed by atoms with Gasteiger partial charge < -0.3 is 28.8 Å². The van der Waals surface area contributed by atoms with Gasteiger partial charge in [0.15, 0.2) is 0 Å². The molecule has 0 aromatic heterocycles. The van der Waals surface area contributed by atoms with E-state index in [1.807, 2.05) is 13.8 Å². The lowest BCUT2D eigenvalue weighted by atomic mass is 9.61. The molecule has 1 aliphatic rings. The van der Waals surface area contributed by atoms with Crippen molar-refractivity contribution in [1.82, 2.24) is 0 Å². The number of ether oxygens (including phenoxy) is 5. The van der Waals surface area contributed by atoms with Gasteiger partial charge in [-0.05, 0) is 130 Å². The topological polar surface area (TPSA) is 135 Å². The number of carbonyl (C=O) groups is 4. The van der Waals surface area contributed by atoms with E-state index < -0.39 is 51.1 Å². The number of rotatable bonds is 19. The molecule has 0 heterocycles. The number of aliphatic carboxylic acids is 1. The van der Waals surface area contributed by atoms with Crippen molar-refractivity contribution in [3.8, 4) is 11.5 Å². The summed E-state index contributed by atoms with van der Waals surface area (Å²) in [6.45, 7) is 17.7. The van der Waals surface area contributed by atoms with Crippen LogP contribution in [0.25, 0.3) is 0 Å². The third-order valence-electron chi connectivity index (χ3n) is 9.48. The molecule has 1 saturated carbocycles. The van der Waals surface area contributed by atoms with Crippen LogP contribution in [0.1, 0.15) is 113 Å². The van der Waals surface area contributed by atoms with Crippen molar-refractivity contribution in [3.05, 3.63) is 36.9 Å². The van der Waals surface area contributed by atoms with Crippen molar-refractivity contribution >= 4 is 23.9 Å². The Bertz CT molecular complexity index is 1260. The first-order chi connectivity index (χ1) is 22.2. The summed E-state index contributed by atoms with van der Waals surface area (Å²) < 4.78 is 28.1. The first-order valence-electron chi connectivity index (χ1n) is 17.0. The lowest BCUT2D eigenvalue weighted by Gasteiger charge is -2.42. The molecule has 2 rings (SSSR count). The van der Waals surface area contributed by atoms with E-state index in [0.717, 1.165) is 32.1 Å². The second-order valence-corrected chi connectivity index (χ2v) is 15.3. The summed E-state index contributed by atoms with van der Waals surface area (Å²) in [4.78, 5) is 53.9. The van der Waals surface area contributed by atoms with E-state index in [1.165, 1.54) is 14.0 Å². The molecule has 3 atom stereocenters. The second-order valence-electron chi connectivity index (χ2n) is 15.3. The predicted molar refractivity (Wildman–Crippen MR) is 183 cm³/mol. The first kappa shape index (κ1) is 40.8. The van der Waals surface area contributed by atoms with Crippen LogP contribution in [0.3, 0.4) is 0 Å². The van der Waals surface area contributed by atoms with E-state index >= 15 is 0 Å². The summed E-state index contributed by atoms with van der Waals surface area (Å²) in [5.74, 6) is -2.01. The van der Waals surface area contributed by atoms with Crippen LogP contribution < -0.4 is 9.47 Å². The van der Waals surface area contributed by atoms with Crippen LogP contribution in [0.5, 0.6) is 11.5 Å². The Morgan fingerprint density at radius 1 is 0.792 bits per heavy atom. The highest BCUT2D eigenvalue weighted by Crippen LogP contribution is 2.49. The van der Waals surface area contributed by atoms with Gasteiger partial charge in [-0.1, -0.05) is 19.9 Å². The highest BCUT2D eigenvalue weighted by molar-refractivity contribution is 5.84. The molecule has 0 bridgehead atoms. The first-order valence-corrected chi connectivity index (χ1v) is 17.0. The third-order valence-corrected chi connectivity index (χ3v) is 9.48. The molecular formula is C38H58O10. The zero-order valence-electron chi connectivity index (χ0n) is 30.6. The minimum Gasteiger partial charge on any atom is -0.484 e. The Kier molecular flexibility index (Phi) is 14.3. The standard InChI is InChI=1S/C38H58O10/c1-11-35(5,6)48-29-20-18-28(19-21-29)47-33(43)36(7,12-2)25-37(8,30(39)40)26-38(9,32(42)45-23-22-44-10)24-34(3,4)31(41)46-27-16-14-13-15-17-27/h11,18-21,27H,1,12-17,22-26H2,2-10H3,(H,39,40). The second kappa shape index (κ2) is 16.8. The van der Waals surface area contributed by atoms with E-state index in [1.54, 1.807) is 65.0 Å². The van der Waals surface area contributed by atoms with Crippen molar-refractivity contribution in [2.75, 3.05) is 20.3 Å². The summed E-state index contributed by atoms with van der Waals surface area (Å²) in [5.41, 5.74) is -5.96. The molecule has 270 valence electrons. The van der Waals surface area contributed by atoms with Crippen molar-refractivity contribution in [1.29, 1.82) is 0 Å². The lowest BCUT2D eigenvalue weighted by Crippen LogP contribution is -2.47. The van der Waals surface area contributed by atoms with Gasteiger partial charge in [0.1, 0.15) is 29.8 Å². The van der Waals surface area contributed by atoms with Gasteiger partial charge in [0.25, 0.3) is 0 Å². The van der Waals surface area contributed by atoms with E-state index in [9.17, 15) is 24.3 Å². The Labute approximate surface area is 286 Å². The predicted octanol–water partition coefficient (Wildman–Crippen LogP) is 7.71. The lowest BCUT2D eigenvalue weighted by molar-refractivity contribution is -0.171. The Balaban J connectivity index is 2.35. The maximum absolute atomic E-state index is 13.7. The minimum atomic E-state index is -1.59. The van der Waals surface area contributed by atoms with E-state index in [2.05, 4.69) is 6.58 Å². The number of benzene rings is 1. The molecule has 3 unspecified atom stereocenters. The average Bonchev–Trinajstić information content (AvgIpc) is 3.01.